The summed E-state index contributed by atoms with van der Waals surface area (Å²) in [4.78, 5) is 36.4. The molecule has 42 heavy (non-hydrogen) atoms. The molecular weight excluding hydrogens is 620 g/mol. The molecule has 0 amide bonds. The first kappa shape index (κ1) is 34.4. The Labute approximate surface area is 251 Å². The molecule has 0 radical (unpaired) electrons. The van der Waals surface area contributed by atoms with Crippen LogP contribution >= 0.6 is 31.1 Å². The van der Waals surface area contributed by atoms with E-state index in [0.29, 0.717) is 0 Å². The van der Waals surface area contributed by atoms with E-state index < -0.39 is 61.4 Å². The van der Waals surface area contributed by atoms with Crippen molar-refractivity contribution in [1.82, 2.24) is 24.6 Å². The Balaban J connectivity index is 1.76. The number of esters is 1. The standard InChI is InChI=1S/C23H36ClFN7O8PS/c1-11(2)39-18(34)12(3)31-41(36,37-7-8-42-20(35)22(4,5)6)38-9-13-15(33)23(24,25)19(40-13)32-10-28-14-16(26)29-21(27)30-17(14)32/h10-13,15,19,33H,7-9H2,1-6H3,(H,31,36)(H4,26,27,29,30)/t12-,13-,15-,19-,23-,41+/m1/s1. The van der Waals surface area contributed by atoms with Crippen molar-refractivity contribution in [3.63, 3.8) is 0 Å². The summed E-state index contributed by atoms with van der Waals surface area (Å²) in [7, 11) is -4.33. The van der Waals surface area contributed by atoms with E-state index in [4.69, 9.17) is 41.6 Å². The zero-order valence-corrected chi connectivity index (χ0v) is 26.4. The Morgan fingerprint density at radius 2 is 1.98 bits per heavy atom. The molecule has 0 aromatic carbocycles. The Morgan fingerprint density at radius 1 is 1.31 bits per heavy atom. The van der Waals surface area contributed by atoms with Crippen molar-refractivity contribution in [3.05, 3.63) is 6.33 Å². The van der Waals surface area contributed by atoms with Crippen LogP contribution in [0.15, 0.2) is 6.33 Å². The highest BCUT2D eigenvalue weighted by molar-refractivity contribution is 8.13. The lowest BCUT2D eigenvalue weighted by molar-refractivity contribution is -0.149. The Hall–Kier alpha value is -2.11. The Kier molecular flexibility index (Phi) is 10.9. The number of hydrogen-bond acceptors (Lipinski definition) is 14. The highest BCUT2D eigenvalue weighted by atomic mass is 35.5. The van der Waals surface area contributed by atoms with E-state index in [2.05, 4.69) is 20.0 Å². The average molecular weight is 656 g/mol. The van der Waals surface area contributed by atoms with Crippen molar-refractivity contribution in [2.24, 2.45) is 5.41 Å². The number of anilines is 2. The van der Waals surface area contributed by atoms with Gasteiger partial charge in [-0.2, -0.15) is 9.97 Å². The Bertz CT molecular complexity index is 1340. The molecule has 15 nitrogen and oxygen atoms in total. The molecule has 1 aliphatic rings. The first-order valence-electron chi connectivity index (χ1n) is 12.9. The van der Waals surface area contributed by atoms with Crippen LogP contribution in [-0.4, -0.2) is 84.2 Å². The lowest BCUT2D eigenvalue weighted by Gasteiger charge is -2.25. The SMILES string of the molecule is CC(C)OC(=O)[C@@H](C)N[P@](=O)(OCCSC(=O)C(C)(C)C)OC[C@H]1O[C@@H](n2cnc3c(N)nc(N)nc32)[C@@](F)(Cl)[C@@H]1O. The maximum Gasteiger partial charge on any atom is 0.406 e. The molecule has 0 unspecified atom stereocenters. The quantitative estimate of drug-likeness (QED) is 0.112. The summed E-state index contributed by atoms with van der Waals surface area (Å²) in [5, 5.41) is 10.1. The number of rotatable bonds is 12. The summed E-state index contributed by atoms with van der Waals surface area (Å²) >= 11 is 7.05. The van der Waals surface area contributed by atoms with E-state index in [1.165, 1.54) is 6.92 Å². The summed E-state index contributed by atoms with van der Waals surface area (Å²) in [6.07, 6.45) is -4.46. The number of hydrogen-bond donors (Lipinski definition) is 4. The summed E-state index contributed by atoms with van der Waals surface area (Å²) in [5.41, 5.74) is 11.0. The second kappa shape index (κ2) is 13.3. The van der Waals surface area contributed by atoms with Crippen LogP contribution in [0.5, 0.6) is 0 Å². The van der Waals surface area contributed by atoms with Gasteiger partial charge in [0.1, 0.15) is 23.8 Å². The van der Waals surface area contributed by atoms with Gasteiger partial charge in [0.2, 0.25) is 5.95 Å². The molecular formula is C23H36ClFN7O8PS. The van der Waals surface area contributed by atoms with Crippen molar-refractivity contribution < 1.29 is 42.2 Å². The number of aliphatic hydroxyl groups excluding tert-OH is 1. The van der Waals surface area contributed by atoms with Crippen molar-refractivity contribution in [3.8, 4) is 0 Å². The minimum atomic E-state index is -4.33. The first-order chi connectivity index (χ1) is 19.4. The average Bonchev–Trinajstić information content (AvgIpc) is 3.37. The number of aliphatic hydroxyl groups is 1. The number of ether oxygens (including phenoxy) is 2. The highest BCUT2D eigenvalue weighted by Gasteiger charge is 2.58. The summed E-state index contributed by atoms with van der Waals surface area (Å²) in [6.45, 7) is 9.03. The number of nitrogens with zero attached hydrogens (tertiary/aromatic N) is 4. The van der Waals surface area contributed by atoms with Gasteiger partial charge in [-0.1, -0.05) is 44.1 Å². The normalized spacial score (nSPS) is 25.0. The number of fused-ring (bicyclic) bond motifs is 1. The van der Waals surface area contributed by atoms with E-state index in [9.17, 15) is 19.3 Å². The molecule has 1 aliphatic heterocycles. The number of imidazole rings is 1. The second-order valence-electron chi connectivity index (χ2n) is 10.8. The van der Waals surface area contributed by atoms with Crippen molar-refractivity contribution >= 4 is 65.1 Å². The molecule has 6 atom stereocenters. The van der Waals surface area contributed by atoms with Gasteiger partial charge in [0.15, 0.2) is 22.8 Å². The number of carbonyl (C=O) groups excluding carboxylic acids is 2. The number of nitrogens with one attached hydrogen (secondary N) is 1. The molecule has 6 N–H and O–H groups in total. The fourth-order valence-corrected chi connectivity index (χ4v) is 6.33. The first-order valence-corrected chi connectivity index (χ1v) is 15.8. The third-order valence-corrected chi connectivity index (χ3v) is 9.12. The molecule has 3 rings (SSSR count). The number of alkyl halides is 2. The molecule has 3 heterocycles. The topological polar surface area (TPSA) is 216 Å². The van der Waals surface area contributed by atoms with E-state index >= 15 is 4.39 Å². The van der Waals surface area contributed by atoms with Gasteiger partial charge in [0, 0.05) is 11.2 Å². The smallest absolute Gasteiger partial charge is 0.406 e. The van der Waals surface area contributed by atoms with Gasteiger partial charge in [0.05, 0.1) is 25.6 Å². The molecule has 19 heteroatoms. The van der Waals surface area contributed by atoms with Crippen molar-refractivity contribution in [1.29, 1.82) is 0 Å². The number of aromatic nitrogens is 4. The molecule has 0 aliphatic carbocycles. The maximum atomic E-state index is 15.7. The van der Waals surface area contributed by atoms with Gasteiger partial charge in [-0.05, 0) is 20.8 Å². The number of halogens is 2. The largest absolute Gasteiger partial charge is 0.462 e. The minimum absolute atomic E-state index is 0.00286. The van der Waals surface area contributed by atoms with Crippen LogP contribution in [0.25, 0.3) is 11.2 Å². The number of nitrogen functional groups attached to an aromatic ring is 2. The van der Waals surface area contributed by atoms with Crippen molar-refractivity contribution in [2.45, 2.75) is 77.3 Å². The summed E-state index contributed by atoms with van der Waals surface area (Å²) < 4.78 is 52.2. The van der Waals surface area contributed by atoms with Gasteiger partial charge in [-0.25, -0.2) is 19.0 Å². The van der Waals surface area contributed by atoms with Crippen LogP contribution in [-0.2, 0) is 32.7 Å². The fraction of sp³-hybridized carbons (Fsp3) is 0.696. The summed E-state index contributed by atoms with van der Waals surface area (Å²) in [5.74, 6) is -0.887. The predicted octanol–water partition coefficient (Wildman–Crippen LogP) is 2.53. The van der Waals surface area contributed by atoms with Gasteiger partial charge >= 0.3 is 13.7 Å². The lowest BCUT2D eigenvalue weighted by Crippen LogP contribution is -2.39. The minimum Gasteiger partial charge on any atom is -0.462 e. The fourth-order valence-electron chi connectivity index (χ4n) is 3.65. The van der Waals surface area contributed by atoms with Crippen LogP contribution in [0, 0.1) is 5.41 Å². The van der Waals surface area contributed by atoms with E-state index in [0.717, 1.165) is 22.7 Å². The van der Waals surface area contributed by atoms with Crippen LogP contribution in [0.3, 0.4) is 0 Å². The van der Waals surface area contributed by atoms with Gasteiger partial charge < -0.3 is 26.0 Å². The van der Waals surface area contributed by atoms with Crippen LogP contribution in [0.1, 0.15) is 47.8 Å². The van der Waals surface area contributed by atoms with E-state index in [1.807, 2.05) is 0 Å². The zero-order valence-electron chi connectivity index (χ0n) is 23.9. The van der Waals surface area contributed by atoms with Gasteiger partial charge in [0.25, 0.3) is 5.13 Å². The zero-order chi connectivity index (χ0) is 31.6. The van der Waals surface area contributed by atoms with Crippen molar-refractivity contribution in [2.75, 3.05) is 30.4 Å². The van der Waals surface area contributed by atoms with Crippen LogP contribution in [0.4, 0.5) is 16.2 Å². The molecule has 0 bridgehead atoms. The molecule has 1 saturated heterocycles. The predicted molar refractivity (Wildman–Crippen MR) is 154 cm³/mol. The molecule has 2 aromatic heterocycles. The third kappa shape index (κ3) is 8.08. The highest BCUT2D eigenvalue weighted by Crippen LogP contribution is 2.49. The molecule has 0 saturated carbocycles. The molecule has 1 fully saturated rings. The number of nitrogens with two attached hydrogens (primary N) is 2. The van der Waals surface area contributed by atoms with Gasteiger partial charge in [-0.3, -0.25) is 23.2 Å². The Morgan fingerprint density at radius 3 is 2.60 bits per heavy atom. The van der Waals surface area contributed by atoms with Crippen LogP contribution in [0.2, 0.25) is 0 Å². The van der Waals surface area contributed by atoms with Gasteiger partial charge in [-0.15, -0.1) is 0 Å². The van der Waals surface area contributed by atoms with E-state index in [-0.39, 0.29) is 40.4 Å². The second-order valence-corrected chi connectivity index (χ2v) is 14.2. The molecule has 2 aromatic rings. The monoisotopic (exact) mass is 655 g/mol. The lowest BCUT2D eigenvalue weighted by atomic mass is 10.00. The third-order valence-electron chi connectivity index (χ3n) is 5.75. The summed E-state index contributed by atoms with van der Waals surface area (Å²) in [6, 6.07) is -1.15. The van der Waals surface area contributed by atoms with Crippen LogP contribution < -0.4 is 16.6 Å². The molecule has 236 valence electrons. The number of thioether (sulfide) groups is 1. The maximum absolute atomic E-state index is 15.7. The molecule has 0 spiro atoms. The van der Waals surface area contributed by atoms with E-state index in [1.54, 1.807) is 34.6 Å². The number of carbonyl (C=O) groups is 2.